The predicted octanol–water partition coefficient (Wildman–Crippen LogP) is 3.52. The third kappa shape index (κ3) is 2.41. The number of ketones is 1. The molecule has 28 heavy (non-hydrogen) atoms. The van der Waals surface area contributed by atoms with Crippen LogP contribution in [-0.4, -0.2) is 19.4 Å². The van der Waals surface area contributed by atoms with E-state index in [-0.39, 0.29) is 37.5 Å². The molecule has 0 aromatic heterocycles. The van der Waals surface area contributed by atoms with Gasteiger partial charge in [0.15, 0.2) is 23.0 Å². The number of hydrogen-bond acceptors (Lipinski definition) is 6. The van der Waals surface area contributed by atoms with E-state index in [9.17, 15) is 4.79 Å². The first-order valence-electron chi connectivity index (χ1n) is 9.87. The highest BCUT2D eigenvalue weighted by Gasteiger charge is 2.46. The van der Waals surface area contributed by atoms with Gasteiger partial charge in [-0.15, -0.1) is 0 Å². The van der Waals surface area contributed by atoms with E-state index in [2.05, 4.69) is 5.32 Å². The summed E-state index contributed by atoms with van der Waals surface area (Å²) >= 11 is 0. The number of nitrogens with one attached hydrogen (secondary N) is 1. The smallest absolute Gasteiger partial charge is 0.231 e. The van der Waals surface area contributed by atoms with Crippen molar-refractivity contribution < 1.29 is 23.7 Å². The molecule has 144 valence electrons. The molecule has 3 aliphatic heterocycles. The maximum Gasteiger partial charge on any atom is 0.231 e. The topological polar surface area (TPSA) is 66.0 Å². The summed E-state index contributed by atoms with van der Waals surface area (Å²) in [6.07, 6.45) is 2.93. The largest absolute Gasteiger partial charge is 0.454 e. The Kier molecular flexibility index (Phi) is 3.56. The summed E-state index contributed by atoms with van der Waals surface area (Å²) in [7, 11) is 0. The van der Waals surface area contributed by atoms with Gasteiger partial charge in [0.2, 0.25) is 13.6 Å². The Hall–Kier alpha value is -2.73. The van der Waals surface area contributed by atoms with Gasteiger partial charge in [-0.3, -0.25) is 4.79 Å². The summed E-state index contributed by atoms with van der Waals surface area (Å²) in [4.78, 5) is 13.3. The van der Waals surface area contributed by atoms with Gasteiger partial charge in [0, 0.05) is 23.9 Å². The van der Waals surface area contributed by atoms with Gasteiger partial charge >= 0.3 is 0 Å². The van der Waals surface area contributed by atoms with Crippen LogP contribution < -0.4 is 24.3 Å². The average Bonchev–Trinajstić information content (AvgIpc) is 3.36. The first-order chi connectivity index (χ1) is 13.8. The Bertz CT molecular complexity index is 884. The molecule has 0 amide bonds. The van der Waals surface area contributed by atoms with Crippen molar-refractivity contribution in [2.24, 2.45) is 11.8 Å². The Balaban J connectivity index is 1.38. The van der Waals surface area contributed by atoms with Crippen molar-refractivity contribution in [2.75, 3.05) is 13.6 Å². The van der Waals surface area contributed by atoms with E-state index in [0.29, 0.717) is 5.78 Å². The Morgan fingerprint density at radius 1 is 0.714 bits per heavy atom. The fourth-order valence-corrected chi connectivity index (χ4v) is 5.08. The Labute approximate surface area is 162 Å². The average molecular weight is 379 g/mol. The fourth-order valence-electron chi connectivity index (χ4n) is 5.08. The number of carbonyl (C=O) groups is 1. The molecule has 0 spiro atoms. The molecule has 6 rings (SSSR count). The van der Waals surface area contributed by atoms with Crippen LogP contribution in [0.4, 0.5) is 0 Å². The first-order valence-corrected chi connectivity index (χ1v) is 9.87. The van der Waals surface area contributed by atoms with Crippen molar-refractivity contribution >= 4 is 5.78 Å². The standard InChI is InChI=1S/C22H21NO5/c24-22-14-2-1-3-15(22)21(13-5-7-17-19(9-13)28-11-26-17)23-20(14)12-4-6-16-18(8-12)27-10-25-16/h4-9,14-15,20-21,23H,1-3,10-11H2/t14-,15-,20+,21+/m0/s1. The molecule has 0 radical (unpaired) electrons. The summed E-state index contributed by atoms with van der Waals surface area (Å²) in [6, 6.07) is 11.9. The quantitative estimate of drug-likeness (QED) is 0.861. The minimum atomic E-state index is -0.0334. The van der Waals surface area contributed by atoms with Crippen LogP contribution in [0.15, 0.2) is 36.4 Å². The van der Waals surface area contributed by atoms with Gasteiger partial charge in [-0.25, -0.2) is 0 Å². The zero-order valence-corrected chi connectivity index (χ0v) is 15.4. The maximum absolute atomic E-state index is 13.3. The Morgan fingerprint density at radius 3 is 1.75 bits per heavy atom. The van der Waals surface area contributed by atoms with Gasteiger partial charge in [-0.2, -0.15) is 0 Å². The Morgan fingerprint density at radius 2 is 1.21 bits per heavy atom. The van der Waals surface area contributed by atoms with Crippen LogP contribution in [-0.2, 0) is 4.79 Å². The highest BCUT2D eigenvalue weighted by Crippen LogP contribution is 2.48. The molecule has 0 unspecified atom stereocenters. The monoisotopic (exact) mass is 379 g/mol. The lowest BCUT2D eigenvalue weighted by Crippen LogP contribution is -2.50. The number of carbonyl (C=O) groups excluding carboxylic acids is 1. The van der Waals surface area contributed by atoms with Gasteiger partial charge in [-0.05, 0) is 48.2 Å². The van der Waals surface area contributed by atoms with Crippen LogP contribution in [0.5, 0.6) is 23.0 Å². The van der Waals surface area contributed by atoms with E-state index in [1.54, 1.807) is 0 Å². The minimum Gasteiger partial charge on any atom is -0.454 e. The molecule has 4 aliphatic rings. The molecule has 3 heterocycles. The molecule has 1 N–H and O–H groups in total. The molecule has 2 aromatic carbocycles. The highest BCUT2D eigenvalue weighted by atomic mass is 16.7. The number of piperidine rings is 1. The van der Waals surface area contributed by atoms with E-state index in [4.69, 9.17) is 18.9 Å². The first kappa shape index (κ1) is 16.2. The van der Waals surface area contributed by atoms with E-state index >= 15 is 0 Å². The van der Waals surface area contributed by atoms with Crippen LogP contribution in [0, 0.1) is 11.8 Å². The molecule has 6 heteroatoms. The number of Topliss-reactive ketones (excluding diaryl/α,β-unsaturated/α-hetero) is 1. The SMILES string of the molecule is O=C1[C@H]2CCC[C@H]1[C@@H](c1ccc3c(c1)OCO3)N[C@@H]2c1ccc2c(c1)OCO2. The summed E-state index contributed by atoms with van der Waals surface area (Å²) in [5, 5.41) is 3.79. The van der Waals surface area contributed by atoms with Gasteiger partial charge in [0.25, 0.3) is 0 Å². The highest BCUT2D eigenvalue weighted by molar-refractivity contribution is 5.87. The molecule has 2 bridgehead atoms. The van der Waals surface area contributed by atoms with Crippen LogP contribution in [0.1, 0.15) is 42.5 Å². The number of benzene rings is 2. The van der Waals surface area contributed by atoms with Gasteiger partial charge in [0.05, 0.1) is 0 Å². The van der Waals surface area contributed by atoms with E-state index in [1.807, 2.05) is 36.4 Å². The zero-order valence-electron chi connectivity index (χ0n) is 15.4. The molecule has 1 saturated heterocycles. The fraction of sp³-hybridized carbons (Fsp3) is 0.409. The summed E-state index contributed by atoms with van der Waals surface area (Å²) in [6.45, 7) is 0.502. The third-order valence-corrected chi connectivity index (χ3v) is 6.44. The van der Waals surface area contributed by atoms with Gasteiger partial charge in [-0.1, -0.05) is 18.6 Å². The van der Waals surface area contributed by atoms with Crippen molar-refractivity contribution in [3.63, 3.8) is 0 Å². The minimum absolute atomic E-state index is 0.00406. The van der Waals surface area contributed by atoms with Crippen LogP contribution in [0.25, 0.3) is 0 Å². The maximum atomic E-state index is 13.3. The van der Waals surface area contributed by atoms with E-state index in [1.165, 1.54) is 0 Å². The van der Waals surface area contributed by atoms with Crippen molar-refractivity contribution in [1.82, 2.24) is 5.32 Å². The number of rotatable bonds is 2. The third-order valence-electron chi connectivity index (χ3n) is 6.44. The van der Waals surface area contributed by atoms with Crippen molar-refractivity contribution in [3.8, 4) is 23.0 Å². The van der Waals surface area contributed by atoms with Crippen LogP contribution in [0.2, 0.25) is 0 Å². The molecule has 6 nitrogen and oxygen atoms in total. The molecular weight excluding hydrogens is 358 g/mol. The number of ether oxygens (including phenoxy) is 4. The second kappa shape index (κ2) is 6.14. The molecule has 4 atom stereocenters. The predicted molar refractivity (Wildman–Crippen MR) is 99.6 cm³/mol. The molecule has 1 aliphatic carbocycles. The molecule has 1 saturated carbocycles. The van der Waals surface area contributed by atoms with E-state index in [0.717, 1.165) is 53.4 Å². The lowest BCUT2D eigenvalue weighted by atomic mass is 9.67. The molecular formula is C22H21NO5. The summed E-state index contributed by atoms with van der Waals surface area (Å²) in [5.41, 5.74) is 2.15. The van der Waals surface area contributed by atoms with Crippen molar-refractivity contribution in [1.29, 1.82) is 0 Å². The molecule has 2 aromatic rings. The number of fused-ring (bicyclic) bond motifs is 4. The van der Waals surface area contributed by atoms with E-state index < -0.39 is 0 Å². The summed E-state index contributed by atoms with van der Waals surface area (Å²) in [5.74, 6) is 3.41. The van der Waals surface area contributed by atoms with Crippen molar-refractivity contribution in [3.05, 3.63) is 47.5 Å². The second-order valence-electron chi connectivity index (χ2n) is 7.89. The zero-order chi connectivity index (χ0) is 18.7. The lowest BCUT2D eigenvalue weighted by molar-refractivity contribution is -0.135. The van der Waals surface area contributed by atoms with Crippen LogP contribution >= 0.6 is 0 Å². The summed E-state index contributed by atoms with van der Waals surface area (Å²) < 4.78 is 22.0. The van der Waals surface area contributed by atoms with Gasteiger partial charge in [0.1, 0.15) is 5.78 Å². The number of hydrogen-bond donors (Lipinski definition) is 1. The molecule has 2 fully saturated rings. The lowest BCUT2D eigenvalue weighted by Gasteiger charge is -2.45. The van der Waals surface area contributed by atoms with Crippen molar-refractivity contribution in [2.45, 2.75) is 31.3 Å². The second-order valence-corrected chi connectivity index (χ2v) is 7.89. The normalized spacial score (nSPS) is 29.8. The van der Waals surface area contributed by atoms with Gasteiger partial charge < -0.3 is 24.3 Å². The van der Waals surface area contributed by atoms with Crippen LogP contribution in [0.3, 0.4) is 0 Å².